The van der Waals surface area contributed by atoms with Gasteiger partial charge in [-0.2, -0.15) is 0 Å². The van der Waals surface area contributed by atoms with Gasteiger partial charge in [-0.1, -0.05) is 60.1 Å². The van der Waals surface area contributed by atoms with Crippen molar-refractivity contribution in [3.05, 3.63) is 70.7 Å². The van der Waals surface area contributed by atoms with E-state index < -0.39 is 10.0 Å². The number of nitrogens with one attached hydrogen (secondary N) is 1. The number of amides is 1. The second kappa shape index (κ2) is 10.4. The third-order valence-electron chi connectivity index (χ3n) is 5.61. The Bertz CT molecular complexity index is 942. The Morgan fingerprint density at radius 1 is 1.10 bits per heavy atom. The van der Waals surface area contributed by atoms with Gasteiger partial charge in [-0.15, -0.1) is 0 Å². The van der Waals surface area contributed by atoms with Crippen LogP contribution in [0, 0.1) is 5.92 Å². The maximum absolute atomic E-state index is 12.7. The van der Waals surface area contributed by atoms with E-state index in [2.05, 4.69) is 17.4 Å². The molecule has 162 valence electrons. The van der Waals surface area contributed by atoms with E-state index in [9.17, 15) is 13.2 Å². The summed E-state index contributed by atoms with van der Waals surface area (Å²) in [6.45, 7) is 2.75. The number of carbonyl (C=O) groups is 1. The number of hydrogen-bond acceptors (Lipinski definition) is 3. The predicted molar refractivity (Wildman–Crippen MR) is 121 cm³/mol. The van der Waals surface area contributed by atoms with E-state index in [1.165, 1.54) is 9.87 Å². The zero-order chi connectivity index (χ0) is 21.6. The molecule has 0 aromatic heterocycles. The smallest absolute Gasteiger partial charge is 0.223 e. The molecule has 1 amide bonds. The first-order valence-electron chi connectivity index (χ1n) is 10.4. The number of nitrogens with zero attached hydrogens (tertiary/aromatic N) is 1. The van der Waals surface area contributed by atoms with Crippen molar-refractivity contribution in [1.82, 2.24) is 9.62 Å². The third-order valence-corrected chi connectivity index (χ3v) is 7.81. The van der Waals surface area contributed by atoms with Crippen LogP contribution in [-0.4, -0.2) is 37.8 Å². The van der Waals surface area contributed by atoms with Gasteiger partial charge in [-0.05, 0) is 49.8 Å². The van der Waals surface area contributed by atoms with Gasteiger partial charge in [0, 0.05) is 30.1 Å². The van der Waals surface area contributed by atoms with Crippen LogP contribution in [0.25, 0.3) is 0 Å². The number of piperidine rings is 1. The van der Waals surface area contributed by atoms with E-state index >= 15 is 0 Å². The second-order valence-corrected chi connectivity index (χ2v) is 10.3. The van der Waals surface area contributed by atoms with Crippen LogP contribution in [0.4, 0.5) is 0 Å². The molecule has 1 saturated heterocycles. The highest BCUT2D eigenvalue weighted by molar-refractivity contribution is 7.88. The molecule has 1 heterocycles. The van der Waals surface area contributed by atoms with Crippen LogP contribution in [0.3, 0.4) is 0 Å². The van der Waals surface area contributed by atoms with Gasteiger partial charge in [0.15, 0.2) is 0 Å². The number of halogens is 1. The topological polar surface area (TPSA) is 66.5 Å². The maximum Gasteiger partial charge on any atom is 0.223 e. The fourth-order valence-electron chi connectivity index (χ4n) is 3.76. The zero-order valence-corrected chi connectivity index (χ0v) is 18.8. The van der Waals surface area contributed by atoms with Gasteiger partial charge in [-0.25, -0.2) is 12.7 Å². The van der Waals surface area contributed by atoms with E-state index in [0.717, 1.165) is 12.8 Å². The lowest BCUT2D eigenvalue weighted by Gasteiger charge is -2.31. The SMILES string of the molecule is C[C@H](CCc1ccccc1)NC(=O)C1CCN(S(=O)(=O)Cc2ccccc2Cl)CC1. The van der Waals surface area contributed by atoms with Crippen LogP contribution < -0.4 is 5.32 Å². The van der Waals surface area contributed by atoms with Crippen LogP contribution in [0.15, 0.2) is 54.6 Å². The van der Waals surface area contributed by atoms with Crippen LogP contribution in [0.2, 0.25) is 5.02 Å². The molecule has 1 fully saturated rings. The zero-order valence-electron chi connectivity index (χ0n) is 17.3. The van der Waals surface area contributed by atoms with Crippen molar-refractivity contribution >= 4 is 27.5 Å². The number of carbonyl (C=O) groups excluding carboxylic acids is 1. The fraction of sp³-hybridized carbons (Fsp3) is 0.435. The van der Waals surface area contributed by atoms with Gasteiger partial charge in [0.2, 0.25) is 15.9 Å². The lowest BCUT2D eigenvalue weighted by molar-refractivity contribution is -0.126. The molecule has 5 nitrogen and oxygen atoms in total. The molecule has 0 spiro atoms. The summed E-state index contributed by atoms with van der Waals surface area (Å²) in [7, 11) is -3.45. The number of aryl methyl sites for hydroxylation is 1. The van der Waals surface area contributed by atoms with Crippen molar-refractivity contribution in [2.24, 2.45) is 5.92 Å². The Labute approximate surface area is 184 Å². The quantitative estimate of drug-likeness (QED) is 0.663. The second-order valence-electron chi connectivity index (χ2n) is 7.95. The fourth-order valence-corrected chi connectivity index (χ4v) is 5.64. The number of sulfonamides is 1. The Hall–Kier alpha value is -1.89. The van der Waals surface area contributed by atoms with Gasteiger partial charge >= 0.3 is 0 Å². The minimum atomic E-state index is -3.45. The van der Waals surface area contributed by atoms with E-state index in [4.69, 9.17) is 11.6 Å². The molecule has 0 bridgehead atoms. The third kappa shape index (κ3) is 6.30. The summed E-state index contributed by atoms with van der Waals surface area (Å²) in [4.78, 5) is 12.6. The Balaban J connectivity index is 1.46. The van der Waals surface area contributed by atoms with E-state index in [1.54, 1.807) is 24.3 Å². The van der Waals surface area contributed by atoms with E-state index in [-0.39, 0.29) is 23.6 Å². The van der Waals surface area contributed by atoms with Gasteiger partial charge in [0.05, 0.1) is 5.75 Å². The molecule has 1 aliphatic heterocycles. The van der Waals surface area contributed by atoms with Crippen molar-refractivity contribution in [1.29, 1.82) is 0 Å². The molecule has 0 saturated carbocycles. The van der Waals surface area contributed by atoms with E-state index in [1.807, 2.05) is 25.1 Å². The molecular formula is C23H29ClN2O3S. The minimum absolute atomic E-state index is 0.0266. The summed E-state index contributed by atoms with van der Waals surface area (Å²) >= 11 is 6.11. The first kappa shape index (κ1) is 22.8. The van der Waals surface area contributed by atoms with Crippen LogP contribution in [0.1, 0.15) is 37.3 Å². The molecule has 1 aliphatic rings. The highest BCUT2D eigenvalue weighted by Gasteiger charge is 2.31. The van der Waals surface area contributed by atoms with Crippen molar-refractivity contribution in [3.8, 4) is 0 Å². The number of rotatable bonds is 8. The lowest BCUT2D eigenvalue weighted by Crippen LogP contribution is -2.45. The molecule has 30 heavy (non-hydrogen) atoms. The molecule has 0 aliphatic carbocycles. The van der Waals surface area contributed by atoms with Gasteiger partial charge in [-0.3, -0.25) is 4.79 Å². The molecule has 2 aromatic rings. The van der Waals surface area contributed by atoms with Crippen molar-refractivity contribution in [2.75, 3.05) is 13.1 Å². The largest absolute Gasteiger partial charge is 0.353 e. The molecule has 1 N–H and O–H groups in total. The first-order valence-corrected chi connectivity index (χ1v) is 12.4. The van der Waals surface area contributed by atoms with Crippen molar-refractivity contribution < 1.29 is 13.2 Å². The Morgan fingerprint density at radius 3 is 2.40 bits per heavy atom. The highest BCUT2D eigenvalue weighted by atomic mass is 35.5. The van der Waals surface area contributed by atoms with Gasteiger partial charge in [0.1, 0.15) is 0 Å². The molecule has 7 heteroatoms. The molecule has 1 atom stereocenters. The number of hydrogen-bond donors (Lipinski definition) is 1. The van der Waals surface area contributed by atoms with Crippen molar-refractivity contribution in [3.63, 3.8) is 0 Å². The Morgan fingerprint density at radius 2 is 1.73 bits per heavy atom. The lowest BCUT2D eigenvalue weighted by atomic mass is 9.96. The normalized spacial score (nSPS) is 16.9. The summed E-state index contributed by atoms with van der Waals surface area (Å²) in [6.07, 6.45) is 2.87. The van der Waals surface area contributed by atoms with Crippen LogP contribution in [-0.2, 0) is 27.0 Å². The van der Waals surface area contributed by atoms with Crippen LogP contribution >= 0.6 is 11.6 Å². The average molecular weight is 449 g/mol. The highest BCUT2D eigenvalue weighted by Crippen LogP contribution is 2.24. The molecule has 2 aromatic carbocycles. The Kier molecular flexibility index (Phi) is 7.92. The minimum Gasteiger partial charge on any atom is -0.353 e. The van der Waals surface area contributed by atoms with Gasteiger partial charge in [0.25, 0.3) is 0 Å². The first-order chi connectivity index (χ1) is 14.3. The maximum atomic E-state index is 12.7. The summed E-state index contributed by atoms with van der Waals surface area (Å²) in [5.41, 5.74) is 1.86. The van der Waals surface area contributed by atoms with Crippen molar-refractivity contribution in [2.45, 2.75) is 44.4 Å². The summed E-state index contributed by atoms with van der Waals surface area (Å²) in [5.74, 6) is -0.227. The molecule has 3 rings (SSSR count). The molecular weight excluding hydrogens is 420 g/mol. The average Bonchev–Trinajstić information content (AvgIpc) is 2.74. The predicted octanol–water partition coefficient (Wildman–Crippen LogP) is 4.02. The van der Waals surface area contributed by atoms with Crippen LogP contribution in [0.5, 0.6) is 0 Å². The summed E-state index contributed by atoms with van der Waals surface area (Å²) in [5, 5.41) is 3.55. The molecule has 0 radical (unpaired) electrons. The summed E-state index contributed by atoms with van der Waals surface area (Å²) in [6, 6.07) is 17.3. The molecule has 0 unspecified atom stereocenters. The number of benzene rings is 2. The standard InChI is InChI=1S/C23H29ClN2O3S/c1-18(11-12-19-7-3-2-4-8-19)25-23(27)20-13-15-26(16-14-20)30(28,29)17-21-9-5-6-10-22(21)24/h2-10,18,20H,11-17H2,1H3,(H,25,27)/t18-/m1/s1. The van der Waals surface area contributed by atoms with E-state index in [0.29, 0.717) is 36.5 Å². The monoisotopic (exact) mass is 448 g/mol. The van der Waals surface area contributed by atoms with Gasteiger partial charge < -0.3 is 5.32 Å². The summed E-state index contributed by atoms with van der Waals surface area (Å²) < 4.78 is 27.0.